The van der Waals surface area contributed by atoms with E-state index in [1.54, 1.807) is 24.3 Å². The molecule has 2 N–H and O–H groups in total. The lowest BCUT2D eigenvalue weighted by Crippen LogP contribution is -2.32. The molecule has 7 nitrogen and oxygen atoms in total. The van der Waals surface area contributed by atoms with E-state index in [2.05, 4.69) is 15.4 Å². The smallest absolute Gasteiger partial charge is 0.348 e. The third kappa shape index (κ3) is 3.03. The van der Waals surface area contributed by atoms with Crippen molar-refractivity contribution in [3.05, 3.63) is 46.6 Å². The van der Waals surface area contributed by atoms with Crippen molar-refractivity contribution >= 4 is 5.91 Å². The van der Waals surface area contributed by atoms with Crippen LogP contribution in [0.15, 0.2) is 35.1 Å². The van der Waals surface area contributed by atoms with Crippen molar-refractivity contribution in [2.45, 2.75) is 18.9 Å². The van der Waals surface area contributed by atoms with Gasteiger partial charge in [0.25, 0.3) is 5.91 Å². The van der Waals surface area contributed by atoms with Crippen LogP contribution in [0.3, 0.4) is 0 Å². The van der Waals surface area contributed by atoms with E-state index in [1.165, 1.54) is 4.68 Å². The molecule has 1 aliphatic rings. The summed E-state index contributed by atoms with van der Waals surface area (Å²) in [5, 5.41) is 6.74. The van der Waals surface area contributed by atoms with Crippen molar-refractivity contribution in [2.24, 2.45) is 0 Å². The standard InChI is InChI=1S/C14H16N4O3/c19-13(15-9-11-7-4-8-21-11)12-16-14(20)18(17-12)10-5-2-1-3-6-10/h1-3,5-6,11H,4,7-9H2,(H,15,19)(H,16,17,20). The highest BCUT2D eigenvalue weighted by Gasteiger charge is 2.19. The van der Waals surface area contributed by atoms with Gasteiger partial charge in [0.1, 0.15) is 0 Å². The minimum Gasteiger partial charge on any atom is -0.376 e. The first-order valence-corrected chi connectivity index (χ1v) is 6.88. The van der Waals surface area contributed by atoms with Gasteiger partial charge in [0.15, 0.2) is 0 Å². The number of hydrogen-bond acceptors (Lipinski definition) is 4. The number of amides is 1. The summed E-state index contributed by atoms with van der Waals surface area (Å²) in [6.07, 6.45) is 2.01. The first kappa shape index (κ1) is 13.6. The fourth-order valence-electron chi connectivity index (χ4n) is 2.27. The molecule has 21 heavy (non-hydrogen) atoms. The van der Waals surface area contributed by atoms with Crippen molar-refractivity contribution in [1.82, 2.24) is 20.1 Å². The maximum atomic E-state index is 12.0. The number of H-pyrrole nitrogens is 1. The monoisotopic (exact) mass is 288 g/mol. The van der Waals surface area contributed by atoms with Gasteiger partial charge in [-0.05, 0) is 25.0 Å². The molecule has 1 unspecified atom stereocenters. The maximum absolute atomic E-state index is 12.0. The van der Waals surface area contributed by atoms with Crippen molar-refractivity contribution in [1.29, 1.82) is 0 Å². The number of carbonyl (C=O) groups excluding carboxylic acids is 1. The predicted octanol–water partition coefficient (Wildman–Crippen LogP) is 0.469. The average molecular weight is 288 g/mol. The number of aromatic amines is 1. The molecule has 2 aromatic rings. The van der Waals surface area contributed by atoms with Crippen LogP contribution in [-0.4, -0.2) is 39.9 Å². The van der Waals surface area contributed by atoms with Crippen LogP contribution in [0.4, 0.5) is 0 Å². The normalized spacial score (nSPS) is 17.8. The number of benzene rings is 1. The van der Waals surface area contributed by atoms with Gasteiger partial charge in [0.05, 0.1) is 11.8 Å². The van der Waals surface area contributed by atoms with E-state index < -0.39 is 11.6 Å². The van der Waals surface area contributed by atoms with Crippen LogP contribution in [0.25, 0.3) is 5.69 Å². The van der Waals surface area contributed by atoms with Gasteiger partial charge in [-0.3, -0.25) is 9.78 Å². The summed E-state index contributed by atoms with van der Waals surface area (Å²) in [4.78, 5) is 26.3. The van der Waals surface area contributed by atoms with E-state index >= 15 is 0 Å². The summed E-state index contributed by atoms with van der Waals surface area (Å²) in [6.45, 7) is 1.17. The summed E-state index contributed by atoms with van der Waals surface area (Å²) in [5.74, 6) is -0.404. The number of ether oxygens (including phenoxy) is 1. The summed E-state index contributed by atoms with van der Waals surface area (Å²) in [7, 11) is 0. The third-order valence-electron chi connectivity index (χ3n) is 3.35. The molecule has 1 aromatic carbocycles. The number of hydrogen-bond donors (Lipinski definition) is 2. The fraction of sp³-hybridized carbons (Fsp3) is 0.357. The highest BCUT2D eigenvalue weighted by Crippen LogP contribution is 2.10. The van der Waals surface area contributed by atoms with E-state index in [-0.39, 0.29) is 11.9 Å². The lowest BCUT2D eigenvalue weighted by Gasteiger charge is -2.09. The first-order chi connectivity index (χ1) is 10.2. The zero-order valence-electron chi connectivity index (χ0n) is 11.4. The van der Waals surface area contributed by atoms with E-state index in [0.717, 1.165) is 19.4 Å². The summed E-state index contributed by atoms with van der Waals surface area (Å²) in [5.41, 5.74) is 0.167. The second-order valence-electron chi connectivity index (χ2n) is 4.87. The second kappa shape index (κ2) is 5.92. The minimum absolute atomic E-state index is 0.00171. The van der Waals surface area contributed by atoms with Gasteiger partial charge in [-0.2, -0.15) is 4.68 Å². The molecule has 0 spiro atoms. The largest absolute Gasteiger partial charge is 0.376 e. The molecule has 3 rings (SSSR count). The van der Waals surface area contributed by atoms with Crippen molar-refractivity contribution in [3.63, 3.8) is 0 Å². The number of nitrogens with zero attached hydrogens (tertiary/aromatic N) is 2. The molecule has 0 saturated carbocycles. The van der Waals surface area contributed by atoms with Crippen LogP contribution < -0.4 is 11.0 Å². The quantitative estimate of drug-likeness (QED) is 0.856. The number of rotatable bonds is 4. The van der Waals surface area contributed by atoms with Gasteiger partial charge < -0.3 is 10.1 Å². The first-order valence-electron chi connectivity index (χ1n) is 6.88. The molecule has 1 atom stereocenters. The topological polar surface area (TPSA) is 89.0 Å². The SMILES string of the molecule is O=C(NCC1CCCO1)c1nn(-c2ccccc2)c(=O)[nH]1. The molecule has 110 valence electrons. The maximum Gasteiger partial charge on any atom is 0.348 e. The molecule has 7 heteroatoms. The molecular formula is C14H16N4O3. The Morgan fingerprint density at radius 2 is 2.24 bits per heavy atom. The van der Waals surface area contributed by atoms with Crippen LogP contribution in [0.1, 0.15) is 23.5 Å². The van der Waals surface area contributed by atoms with Crippen molar-refractivity contribution in [3.8, 4) is 5.69 Å². The molecule has 0 aliphatic carbocycles. The Morgan fingerprint density at radius 1 is 1.43 bits per heavy atom. The van der Waals surface area contributed by atoms with E-state index in [1.807, 2.05) is 6.07 Å². The van der Waals surface area contributed by atoms with Crippen LogP contribution in [0.5, 0.6) is 0 Å². The summed E-state index contributed by atoms with van der Waals surface area (Å²) >= 11 is 0. The fourth-order valence-corrected chi connectivity index (χ4v) is 2.27. The number of para-hydroxylation sites is 1. The van der Waals surface area contributed by atoms with E-state index in [9.17, 15) is 9.59 Å². The molecule has 0 radical (unpaired) electrons. The Balaban J connectivity index is 1.71. The molecule has 1 fully saturated rings. The lowest BCUT2D eigenvalue weighted by molar-refractivity contribution is 0.0849. The van der Waals surface area contributed by atoms with Gasteiger partial charge in [0, 0.05) is 13.2 Å². The van der Waals surface area contributed by atoms with E-state index in [4.69, 9.17) is 4.74 Å². The predicted molar refractivity (Wildman–Crippen MR) is 75.5 cm³/mol. The van der Waals surface area contributed by atoms with Gasteiger partial charge in [-0.1, -0.05) is 18.2 Å². The Morgan fingerprint density at radius 3 is 2.95 bits per heavy atom. The zero-order chi connectivity index (χ0) is 14.7. The Hall–Kier alpha value is -2.41. The van der Waals surface area contributed by atoms with Crippen molar-refractivity contribution < 1.29 is 9.53 Å². The molecule has 1 saturated heterocycles. The van der Waals surface area contributed by atoms with Crippen molar-refractivity contribution in [2.75, 3.05) is 13.2 Å². The van der Waals surface area contributed by atoms with Gasteiger partial charge in [0.2, 0.25) is 5.82 Å². The Bertz CT molecular complexity index is 671. The zero-order valence-corrected chi connectivity index (χ0v) is 11.4. The number of nitrogens with one attached hydrogen (secondary N) is 2. The highest BCUT2D eigenvalue weighted by molar-refractivity contribution is 5.90. The lowest BCUT2D eigenvalue weighted by atomic mass is 10.2. The third-order valence-corrected chi connectivity index (χ3v) is 3.35. The summed E-state index contributed by atoms with van der Waals surface area (Å²) < 4.78 is 6.59. The molecule has 1 aromatic heterocycles. The van der Waals surface area contributed by atoms with Gasteiger partial charge in [-0.25, -0.2) is 4.79 Å². The molecule has 1 aliphatic heterocycles. The highest BCUT2D eigenvalue weighted by atomic mass is 16.5. The molecule has 2 heterocycles. The number of carbonyl (C=O) groups is 1. The van der Waals surface area contributed by atoms with Crippen LogP contribution in [-0.2, 0) is 4.74 Å². The Kier molecular flexibility index (Phi) is 3.83. The van der Waals surface area contributed by atoms with E-state index in [0.29, 0.717) is 12.2 Å². The van der Waals surface area contributed by atoms with Gasteiger partial charge >= 0.3 is 5.69 Å². The van der Waals surface area contributed by atoms with Crippen LogP contribution in [0.2, 0.25) is 0 Å². The average Bonchev–Trinajstić information content (AvgIpc) is 3.15. The molecule has 1 amide bonds. The molecule has 0 bridgehead atoms. The minimum atomic E-state index is -0.441. The number of aromatic nitrogens is 3. The summed E-state index contributed by atoms with van der Waals surface area (Å²) in [6, 6.07) is 8.93. The Labute approximate surface area is 120 Å². The second-order valence-corrected chi connectivity index (χ2v) is 4.87. The molecular weight excluding hydrogens is 272 g/mol. The van der Waals surface area contributed by atoms with Crippen LogP contribution >= 0.6 is 0 Å². The van der Waals surface area contributed by atoms with Crippen LogP contribution in [0, 0.1) is 0 Å². The van der Waals surface area contributed by atoms with Gasteiger partial charge in [-0.15, -0.1) is 5.10 Å².